The quantitative estimate of drug-likeness (QED) is 0.457. The first-order valence-corrected chi connectivity index (χ1v) is 6.96. The summed E-state index contributed by atoms with van der Waals surface area (Å²) in [6, 6.07) is 10.2. The van der Waals surface area contributed by atoms with E-state index in [1.54, 1.807) is 12.1 Å². The van der Waals surface area contributed by atoms with Crippen molar-refractivity contribution in [1.29, 1.82) is 0 Å². The monoisotopic (exact) mass is 332 g/mol. The van der Waals surface area contributed by atoms with Crippen molar-refractivity contribution in [2.75, 3.05) is 10.6 Å². The van der Waals surface area contributed by atoms with Gasteiger partial charge in [0.1, 0.15) is 5.75 Å². The molecule has 2 rings (SSSR count). The molecule has 0 unspecified atom stereocenters. The Morgan fingerprint density at radius 1 is 0.957 bits per heavy atom. The number of aromatic hydroxyl groups is 1. The third kappa shape index (κ3) is 4.31. The van der Waals surface area contributed by atoms with E-state index in [-0.39, 0.29) is 17.2 Å². The second-order valence-electron chi connectivity index (χ2n) is 4.70. The Morgan fingerprint density at radius 2 is 1.57 bits per heavy atom. The van der Waals surface area contributed by atoms with Gasteiger partial charge in [-0.1, -0.05) is 11.6 Å². The molecular weight excluding hydrogens is 320 g/mol. The molecule has 0 fully saturated rings. The number of phenolic OH excluding ortho intramolecular Hbond substituents is 1. The van der Waals surface area contributed by atoms with E-state index >= 15 is 0 Å². The zero-order valence-corrected chi connectivity index (χ0v) is 12.8. The van der Waals surface area contributed by atoms with Crippen LogP contribution >= 0.6 is 11.6 Å². The third-order valence-electron chi connectivity index (χ3n) is 2.96. The molecule has 0 aromatic heterocycles. The zero-order valence-electron chi connectivity index (χ0n) is 12.1. The number of carbonyl (C=O) groups excluding carboxylic acids is 3. The minimum atomic E-state index is -0.960. The predicted molar refractivity (Wildman–Crippen MR) is 86.8 cm³/mol. The maximum Gasteiger partial charge on any atom is 0.314 e. The van der Waals surface area contributed by atoms with Gasteiger partial charge in [-0.2, -0.15) is 0 Å². The van der Waals surface area contributed by atoms with Gasteiger partial charge in [-0.05, 0) is 49.4 Å². The Morgan fingerprint density at radius 3 is 2.17 bits per heavy atom. The van der Waals surface area contributed by atoms with Crippen molar-refractivity contribution in [3.05, 3.63) is 53.1 Å². The third-order valence-corrected chi connectivity index (χ3v) is 3.20. The van der Waals surface area contributed by atoms with E-state index in [2.05, 4.69) is 10.6 Å². The van der Waals surface area contributed by atoms with Gasteiger partial charge in [-0.25, -0.2) is 0 Å². The van der Waals surface area contributed by atoms with Crippen molar-refractivity contribution < 1.29 is 19.5 Å². The number of phenols is 1. The first-order valence-electron chi connectivity index (χ1n) is 6.58. The molecule has 23 heavy (non-hydrogen) atoms. The van der Waals surface area contributed by atoms with E-state index in [4.69, 9.17) is 11.6 Å². The average molecular weight is 333 g/mol. The normalized spacial score (nSPS) is 10.0. The number of ketones is 1. The molecule has 0 spiro atoms. The highest BCUT2D eigenvalue weighted by Crippen LogP contribution is 2.26. The van der Waals surface area contributed by atoms with Crippen LogP contribution in [-0.2, 0) is 9.59 Å². The average Bonchev–Trinajstić information content (AvgIpc) is 2.51. The number of hydrogen-bond acceptors (Lipinski definition) is 4. The fraction of sp³-hybridized carbons (Fsp3) is 0.0625. The van der Waals surface area contributed by atoms with E-state index in [1.807, 2.05) is 0 Å². The van der Waals surface area contributed by atoms with Crippen LogP contribution < -0.4 is 10.6 Å². The second-order valence-corrected chi connectivity index (χ2v) is 5.14. The van der Waals surface area contributed by atoms with Crippen LogP contribution in [0.15, 0.2) is 42.5 Å². The van der Waals surface area contributed by atoms with Gasteiger partial charge in [0.15, 0.2) is 5.78 Å². The lowest BCUT2D eigenvalue weighted by molar-refractivity contribution is -0.133. The van der Waals surface area contributed by atoms with Crippen molar-refractivity contribution in [2.45, 2.75) is 6.92 Å². The molecule has 0 atom stereocenters. The van der Waals surface area contributed by atoms with Gasteiger partial charge in [-0.15, -0.1) is 0 Å². The summed E-state index contributed by atoms with van der Waals surface area (Å²) in [5.41, 5.74) is 0.895. The summed E-state index contributed by atoms with van der Waals surface area (Å²) in [4.78, 5) is 34.8. The van der Waals surface area contributed by atoms with Gasteiger partial charge in [0.25, 0.3) is 0 Å². The lowest BCUT2D eigenvalue weighted by Crippen LogP contribution is -2.29. The molecule has 2 aromatic carbocycles. The summed E-state index contributed by atoms with van der Waals surface area (Å²) in [7, 11) is 0. The van der Waals surface area contributed by atoms with E-state index in [9.17, 15) is 19.5 Å². The second kappa shape index (κ2) is 6.93. The molecule has 2 amide bonds. The predicted octanol–water partition coefficient (Wildman–Crippen LogP) is 2.83. The van der Waals surface area contributed by atoms with Gasteiger partial charge in [-0.3, -0.25) is 14.4 Å². The van der Waals surface area contributed by atoms with Crippen LogP contribution in [0.3, 0.4) is 0 Å². The minimum absolute atomic E-state index is 0.0320. The first kappa shape index (κ1) is 16.5. The van der Waals surface area contributed by atoms with Crippen LogP contribution in [0.4, 0.5) is 11.4 Å². The standard InChI is InChI=1S/C16H13ClN2O4/c1-9(20)10-2-5-12(6-3-10)18-15(22)16(23)19-13-8-11(17)4-7-14(13)21/h2-8,21H,1H3,(H,18,22)(H,19,23). The Bertz CT molecular complexity index is 772. The molecule has 0 saturated carbocycles. The molecule has 7 heteroatoms. The molecule has 2 aromatic rings. The van der Waals surface area contributed by atoms with Crippen LogP contribution in [0.5, 0.6) is 5.75 Å². The van der Waals surface area contributed by atoms with Crippen LogP contribution in [0.25, 0.3) is 0 Å². The topological polar surface area (TPSA) is 95.5 Å². The molecule has 0 aliphatic heterocycles. The fourth-order valence-electron chi connectivity index (χ4n) is 1.76. The van der Waals surface area contributed by atoms with E-state index < -0.39 is 11.8 Å². The van der Waals surface area contributed by atoms with Crippen molar-refractivity contribution in [3.8, 4) is 5.75 Å². The number of Topliss-reactive ketones (excluding diaryl/α,β-unsaturated/α-hetero) is 1. The Hall–Kier alpha value is -2.86. The molecule has 0 bridgehead atoms. The van der Waals surface area contributed by atoms with Crippen molar-refractivity contribution >= 4 is 40.6 Å². The zero-order chi connectivity index (χ0) is 17.0. The molecule has 0 saturated heterocycles. The molecular formula is C16H13ClN2O4. The van der Waals surface area contributed by atoms with Crippen molar-refractivity contribution in [1.82, 2.24) is 0 Å². The molecule has 0 radical (unpaired) electrons. The van der Waals surface area contributed by atoms with Gasteiger partial charge < -0.3 is 15.7 Å². The molecule has 6 nitrogen and oxygen atoms in total. The van der Waals surface area contributed by atoms with Crippen LogP contribution in [0.1, 0.15) is 17.3 Å². The highest BCUT2D eigenvalue weighted by molar-refractivity contribution is 6.44. The Balaban J connectivity index is 2.03. The number of rotatable bonds is 3. The highest BCUT2D eigenvalue weighted by Gasteiger charge is 2.16. The van der Waals surface area contributed by atoms with E-state index in [0.29, 0.717) is 16.3 Å². The largest absolute Gasteiger partial charge is 0.506 e. The number of benzene rings is 2. The smallest absolute Gasteiger partial charge is 0.314 e. The first-order chi connectivity index (χ1) is 10.9. The van der Waals surface area contributed by atoms with Crippen molar-refractivity contribution in [3.63, 3.8) is 0 Å². The van der Waals surface area contributed by atoms with Gasteiger partial charge in [0.2, 0.25) is 0 Å². The van der Waals surface area contributed by atoms with E-state index in [1.165, 1.54) is 37.3 Å². The SMILES string of the molecule is CC(=O)c1ccc(NC(=O)C(=O)Nc2cc(Cl)ccc2O)cc1. The molecule has 3 N–H and O–H groups in total. The van der Waals surface area contributed by atoms with Crippen LogP contribution in [0.2, 0.25) is 5.02 Å². The summed E-state index contributed by atoms with van der Waals surface area (Å²) < 4.78 is 0. The maximum atomic E-state index is 11.8. The summed E-state index contributed by atoms with van der Waals surface area (Å²) in [6.07, 6.45) is 0. The summed E-state index contributed by atoms with van der Waals surface area (Å²) in [5.74, 6) is -2.18. The fourth-order valence-corrected chi connectivity index (χ4v) is 1.94. The van der Waals surface area contributed by atoms with Crippen LogP contribution in [0, 0.1) is 0 Å². The van der Waals surface area contributed by atoms with Crippen molar-refractivity contribution in [2.24, 2.45) is 0 Å². The summed E-state index contributed by atoms with van der Waals surface area (Å²) in [5, 5.41) is 14.6. The molecule has 0 heterocycles. The van der Waals surface area contributed by atoms with Crippen LogP contribution in [-0.4, -0.2) is 22.7 Å². The maximum absolute atomic E-state index is 11.8. The van der Waals surface area contributed by atoms with E-state index in [0.717, 1.165) is 0 Å². The summed E-state index contributed by atoms with van der Waals surface area (Å²) in [6.45, 7) is 1.43. The lowest BCUT2D eigenvalue weighted by atomic mass is 10.1. The number of hydrogen-bond donors (Lipinski definition) is 3. The number of amides is 2. The molecule has 0 aliphatic rings. The highest BCUT2D eigenvalue weighted by atomic mass is 35.5. The lowest BCUT2D eigenvalue weighted by Gasteiger charge is -2.08. The summed E-state index contributed by atoms with van der Waals surface area (Å²) >= 11 is 5.76. The number of carbonyl (C=O) groups is 3. The van der Waals surface area contributed by atoms with Gasteiger partial charge >= 0.3 is 11.8 Å². The minimum Gasteiger partial charge on any atom is -0.506 e. The molecule has 118 valence electrons. The number of halogens is 1. The Kier molecular flexibility index (Phi) is 4.98. The molecule has 0 aliphatic carbocycles. The van der Waals surface area contributed by atoms with Gasteiger partial charge in [0, 0.05) is 16.3 Å². The number of nitrogens with one attached hydrogen (secondary N) is 2. The Labute approximate surface area is 137 Å². The number of anilines is 2. The van der Waals surface area contributed by atoms with Gasteiger partial charge in [0.05, 0.1) is 5.69 Å².